The van der Waals surface area contributed by atoms with Crippen molar-refractivity contribution >= 4 is 28.2 Å². The lowest BCUT2D eigenvalue weighted by molar-refractivity contribution is -0.133. The summed E-state index contributed by atoms with van der Waals surface area (Å²) in [6, 6.07) is 10.8. The van der Waals surface area contributed by atoms with Gasteiger partial charge < -0.3 is 16.0 Å². The second-order valence-corrected chi connectivity index (χ2v) is 8.88. The summed E-state index contributed by atoms with van der Waals surface area (Å²) in [4.78, 5) is 29.6. The number of likely N-dealkylation sites (tertiary alicyclic amines) is 1. The van der Waals surface area contributed by atoms with Crippen LogP contribution < -0.4 is 11.1 Å². The van der Waals surface area contributed by atoms with E-state index in [2.05, 4.69) is 15.3 Å². The number of carbonyl (C=O) groups excluding carboxylic acids is 1. The van der Waals surface area contributed by atoms with Crippen molar-refractivity contribution in [3.8, 4) is 0 Å². The van der Waals surface area contributed by atoms with Gasteiger partial charge in [-0.3, -0.25) is 4.79 Å². The van der Waals surface area contributed by atoms with Crippen LogP contribution in [0.25, 0.3) is 0 Å². The molecule has 156 valence electrons. The van der Waals surface area contributed by atoms with Gasteiger partial charge in [0.25, 0.3) is 0 Å². The molecule has 7 nitrogen and oxygen atoms in total. The van der Waals surface area contributed by atoms with E-state index in [1.807, 2.05) is 61.3 Å². The number of benzene rings is 1. The molecule has 4 rings (SSSR count). The van der Waals surface area contributed by atoms with Gasteiger partial charge in [0.15, 0.2) is 5.13 Å². The van der Waals surface area contributed by atoms with Crippen molar-refractivity contribution < 1.29 is 4.79 Å². The number of nitrogens with two attached hydrogens (primary N) is 1. The molecule has 3 heterocycles. The number of nitrogens with zero attached hydrogens (tertiary/aromatic N) is 4. The van der Waals surface area contributed by atoms with Gasteiger partial charge in [-0.2, -0.15) is 0 Å². The Morgan fingerprint density at radius 1 is 1.20 bits per heavy atom. The zero-order valence-corrected chi connectivity index (χ0v) is 18.0. The van der Waals surface area contributed by atoms with E-state index in [1.165, 1.54) is 0 Å². The predicted octanol–water partition coefficient (Wildman–Crippen LogP) is 3.70. The van der Waals surface area contributed by atoms with Crippen LogP contribution in [0.15, 0.2) is 42.6 Å². The van der Waals surface area contributed by atoms with Gasteiger partial charge in [0, 0.05) is 41.8 Å². The standard InChI is InChI=1S/C22H26N6OS/c1-14-12-18(27-22-24-13-15(2)30-22)26-20(25-14)17-8-10-28(11-9-17)21(29)19(23)16-6-4-3-5-7-16/h3-7,12-13,17,19H,8-11,23H2,1-2H3,(H,24,25,26,27)/t19-/m0/s1. The normalized spacial score (nSPS) is 15.8. The Morgan fingerprint density at radius 3 is 2.60 bits per heavy atom. The number of thiazole rings is 1. The predicted molar refractivity (Wildman–Crippen MR) is 119 cm³/mol. The minimum absolute atomic E-state index is 0.0219. The van der Waals surface area contributed by atoms with Gasteiger partial charge >= 0.3 is 0 Å². The van der Waals surface area contributed by atoms with Crippen molar-refractivity contribution in [2.45, 2.75) is 38.6 Å². The van der Waals surface area contributed by atoms with E-state index in [-0.39, 0.29) is 11.8 Å². The molecule has 1 aliphatic heterocycles. The van der Waals surface area contributed by atoms with Crippen LogP contribution in [0.4, 0.5) is 10.9 Å². The molecule has 30 heavy (non-hydrogen) atoms. The third kappa shape index (κ3) is 4.66. The maximum atomic E-state index is 12.8. The molecule has 0 radical (unpaired) electrons. The van der Waals surface area contributed by atoms with Crippen LogP contribution >= 0.6 is 11.3 Å². The number of hydrogen-bond donors (Lipinski definition) is 2. The first-order valence-corrected chi connectivity index (χ1v) is 11.0. The lowest BCUT2D eigenvalue weighted by atomic mass is 9.94. The first kappa shape index (κ1) is 20.4. The van der Waals surface area contributed by atoms with Crippen molar-refractivity contribution in [1.82, 2.24) is 19.9 Å². The SMILES string of the molecule is Cc1cc(Nc2ncc(C)s2)nc(C2CCN(C(=O)[C@@H](N)c3ccccc3)CC2)n1. The summed E-state index contributed by atoms with van der Waals surface area (Å²) in [6.45, 7) is 5.32. The molecule has 3 N–H and O–H groups in total. The maximum Gasteiger partial charge on any atom is 0.244 e. The van der Waals surface area contributed by atoms with Crippen molar-refractivity contribution in [3.63, 3.8) is 0 Å². The number of anilines is 2. The molecule has 2 aromatic heterocycles. The van der Waals surface area contributed by atoms with Gasteiger partial charge in [-0.05, 0) is 32.3 Å². The third-order valence-corrected chi connectivity index (χ3v) is 6.15. The summed E-state index contributed by atoms with van der Waals surface area (Å²) in [5, 5.41) is 4.11. The first-order valence-electron chi connectivity index (χ1n) is 10.1. The van der Waals surface area contributed by atoms with E-state index in [1.54, 1.807) is 11.3 Å². The van der Waals surface area contributed by atoms with Crippen molar-refractivity contribution in [2.24, 2.45) is 5.73 Å². The van der Waals surface area contributed by atoms with Gasteiger partial charge in [0.2, 0.25) is 5.91 Å². The maximum absolute atomic E-state index is 12.8. The number of nitrogens with one attached hydrogen (secondary N) is 1. The summed E-state index contributed by atoms with van der Waals surface area (Å²) in [5.74, 6) is 1.79. The largest absolute Gasteiger partial charge is 0.341 e. The molecule has 1 saturated heterocycles. The molecule has 1 fully saturated rings. The highest BCUT2D eigenvalue weighted by Crippen LogP contribution is 2.29. The minimum Gasteiger partial charge on any atom is -0.341 e. The highest BCUT2D eigenvalue weighted by Gasteiger charge is 2.29. The fraction of sp³-hybridized carbons (Fsp3) is 0.364. The lowest BCUT2D eigenvalue weighted by Crippen LogP contribution is -2.43. The highest BCUT2D eigenvalue weighted by atomic mass is 32.1. The van der Waals surface area contributed by atoms with Gasteiger partial charge in [-0.25, -0.2) is 15.0 Å². The Morgan fingerprint density at radius 2 is 1.93 bits per heavy atom. The quantitative estimate of drug-likeness (QED) is 0.651. The number of aryl methyl sites for hydroxylation is 2. The average molecular weight is 423 g/mol. The zero-order chi connectivity index (χ0) is 21.1. The van der Waals surface area contributed by atoms with Crippen molar-refractivity contribution in [1.29, 1.82) is 0 Å². The summed E-state index contributed by atoms with van der Waals surface area (Å²) >= 11 is 1.60. The summed E-state index contributed by atoms with van der Waals surface area (Å²) in [7, 11) is 0. The lowest BCUT2D eigenvalue weighted by Gasteiger charge is -2.33. The number of rotatable bonds is 5. The molecule has 0 saturated carbocycles. The summed E-state index contributed by atoms with van der Waals surface area (Å²) in [6.07, 6.45) is 3.49. The smallest absolute Gasteiger partial charge is 0.244 e. The van der Waals surface area contributed by atoms with E-state index in [0.717, 1.165) is 45.7 Å². The van der Waals surface area contributed by atoms with Crippen LogP contribution in [0.2, 0.25) is 0 Å². The van der Waals surface area contributed by atoms with Gasteiger partial charge in [-0.1, -0.05) is 30.3 Å². The summed E-state index contributed by atoms with van der Waals surface area (Å²) in [5.41, 5.74) is 7.96. The third-order valence-electron chi connectivity index (χ3n) is 5.32. The van der Waals surface area contributed by atoms with E-state index >= 15 is 0 Å². The Kier molecular flexibility index (Phi) is 6.06. The molecule has 1 amide bonds. The molecule has 0 bridgehead atoms. The molecule has 0 aliphatic carbocycles. The number of amides is 1. The topological polar surface area (TPSA) is 97.0 Å². The van der Waals surface area contributed by atoms with Crippen LogP contribution in [-0.4, -0.2) is 38.8 Å². The van der Waals surface area contributed by atoms with Gasteiger partial charge in [-0.15, -0.1) is 11.3 Å². The number of carbonyl (C=O) groups is 1. The van der Waals surface area contributed by atoms with E-state index in [4.69, 9.17) is 10.7 Å². The van der Waals surface area contributed by atoms with Crippen LogP contribution in [-0.2, 0) is 4.79 Å². The number of piperidine rings is 1. The van der Waals surface area contributed by atoms with Gasteiger partial charge in [0.05, 0.1) is 0 Å². The number of aromatic nitrogens is 3. The molecule has 1 aromatic carbocycles. The van der Waals surface area contributed by atoms with E-state index in [9.17, 15) is 4.79 Å². The molecular weight excluding hydrogens is 396 g/mol. The Labute approximate surface area is 180 Å². The second-order valence-electron chi connectivity index (χ2n) is 7.64. The molecule has 1 aliphatic rings. The second kappa shape index (κ2) is 8.89. The Balaban J connectivity index is 1.40. The van der Waals surface area contributed by atoms with Crippen LogP contribution in [0, 0.1) is 13.8 Å². The van der Waals surface area contributed by atoms with Crippen LogP contribution in [0.3, 0.4) is 0 Å². The number of hydrogen-bond acceptors (Lipinski definition) is 7. The van der Waals surface area contributed by atoms with Crippen LogP contribution in [0.5, 0.6) is 0 Å². The monoisotopic (exact) mass is 422 g/mol. The zero-order valence-electron chi connectivity index (χ0n) is 17.2. The first-order chi connectivity index (χ1) is 14.5. The fourth-order valence-electron chi connectivity index (χ4n) is 3.72. The van der Waals surface area contributed by atoms with Crippen molar-refractivity contribution in [3.05, 3.63) is 64.6 Å². The Bertz CT molecular complexity index is 1010. The van der Waals surface area contributed by atoms with E-state index in [0.29, 0.717) is 13.1 Å². The fourth-order valence-corrected chi connectivity index (χ4v) is 4.39. The highest BCUT2D eigenvalue weighted by molar-refractivity contribution is 7.15. The van der Waals surface area contributed by atoms with E-state index < -0.39 is 6.04 Å². The molecule has 3 aromatic rings. The molecular formula is C22H26N6OS. The molecule has 0 unspecified atom stereocenters. The van der Waals surface area contributed by atoms with Crippen LogP contribution in [0.1, 0.15) is 46.8 Å². The Hall–Kier alpha value is -2.84. The molecule has 1 atom stereocenters. The van der Waals surface area contributed by atoms with Crippen molar-refractivity contribution in [2.75, 3.05) is 18.4 Å². The molecule has 0 spiro atoms. The minimum atomic E-state index is -0.615. The average Bonchev–Trinajstić information content (AvgIpc) is 3.17. The van der Waals surface area contributed by atoms with Gasteiger partial charge in [0.1, 0.15) is 17.7 Å². The molecule has 8 heteroatoms. The summed E-state index contributed by atoms with van der Waals surface area (Å²) < 4.78 is 0.